The summed E-state index contributed by atoms with van der Waals surface area (Å²) in [5.74, 6) is 0.595. The molecule has 1 N–H and O–H groups in total. The molecule has 0 bridgehead atoms. The van der Waals surface area contributed by atoms with E-state index in [2.05, 4.69) is 0 Å². The minimum Gasteiger partial charge on any atom is -0.338 e. The van der Waals surface area contributed by atoms with Crippen LogP contribution in [-0.4, -0.2) is 39.6 Å². The van der Waals surface area contributed by atoms with Crippen LogP contribution in [0.5, 0.6) is 0 Å². The van der Waals surface area contributed by atoms with Gasteiger partial charge in [0.2, 0.25) is 0 Å². The van der Waals surface area contributed by atoms with Crippen molar-refractivity contribution in [1.82, 2.24) is 4.90 Å². The lowest BCUT2D eigenvalue weighted by Gasteiger charge is -2.25. The first-order valence-corrected chi connectivity index (χ1v) is 10.9. The van der Waals surface area contributed by atoms with Gasteiger partial charge in [-0.05, 0) is 43.2 Å². The quantitative estimate of drug-likeness (QED) is 0.879. The Hall–Kier alpha value is -1.79. The van der Waals surface area contributed by atoms with E-state index < -0.39 is 9.73 Å². The molecule has 1 aliphatic heterocycles. The molecule has 1 saturated heterocycles. The number of nitrogens with one attached hydrogen (secondary N) is 1. The third-order valence-electron chi connectivity index (χ3n) is 4.45. The first kappa shape index (κ1) is 18.0. The normalized spacial score (nSPS) is 22.7. The lowest BCUT2D eigenvalue weighted by molar-refractivity contribution is 0.0744. The monoisotopic (exact) mass is 374 g/mol. The van der Waals surface area contributed by atoms with E-state index in [9.17, 15) is 9.00 Å². The molecule has 0 saturated carbocycles. The molecule has 2 aromatic rings. The second-order valence-corrected chi connectivity index (χ2v) is 9.94. The van der Waals surface area contributed by atoms with Gasteiger partial charge in [0.15, 0.2) is 0 Å². The van der Waals surface area contributed by atoms with Gasteiger partial charge in [0.05, 0.1) is 11.3 Å². The maximum atomic E-state index is 13.0. The highest BCUT2D eigenvalue weighted by Gasteiger charge is 2.31. The predicted molar refractivity (Wildman–Crippen MR) is 103 cm³/mol. The molecule has 2 aromatic carbocycles. The van der Waals surface area contributed by atoms with Crippen molar-refractivity contribution in [2.24, 2.45) is 0 Å². The van der Waals surface area contributed by atoms with Crippen LogP contribution in [-0.2, 0) is 9.73 Å². The minimum atomic E-state index is -2.52. The van der Waals surface area contributed by atoms with Crippen molar-refractivity contribution in [1.29, 1.82) is 4.78 Å². The molecule has 25 heavy (non-hydrogen) atoms. The average Bonchev–Trinajstić information content (AvgIpc) is 2.95. The van der Waals surface area contributed by atoms with Crippen LogP contribution >= 0.6 is 11.8 Å². The van der Waals surface area contributed by atoms with Crippen LogP contribution in [0.4, 0.5) is 0 Å². The van der Waals surface area contributed by atoms with Gasteiger partial charge in [-0.1, -0.05) is 36.0 Å². The molecule has 1 heterocycles. The van der Waals surface area contributed by atoms with E-state index in [1.165, 1.54) is 0 Å². The fourth-order valence-corrected chi connectivity index (χ4v) is 5.86. The third kappa shape index (κ3) is 4.25. The van der Waals surface area contributed by atoms with Gasteiger partial charge in [-0.25, -0.2) is 4.21 Å². The van der Waals surface area contributed by atoms with Gasteiger partial charge in [-0.2, -0.15) is 0 Å². The Balaban J connectivity index is 1.87. The molecule has 132 valence electrons. The standard InChI is InChI=1S/C19H22N2O2S2/c1-14-8-9-17(18(12-14)24-16-6-4-3-5-7-16)19(22)21(2)15-10-11-25(20,23)13-15/h3-9,12,15,20H,10-11,13H2,1-2H3. The number of hydrogen-bond acceptors (Lipinski definition) is 4. The molecule has 1 amide bonds. The summed E-state index contributed by atoms with van der Waals surface area (Å²) >= 11 is 1.58. The van der Waals surface area contributed by atoms with Gasteiger partial charge >= 0.3 is 0 Å². The van der Waals surface area contributed by atoms with E-state index in [1.807, 2.05) is 55.5 Å². The van der Waals surface area contributed by atoms with E-state index >= 15 is 0 Å². The Morgan fingerprint density at radius 1 is 1.24 bits per heavy atom. The lowest BCUT2D eigenvalue weighted by Crippen LogP contribution is -2.38. The number of hydrogen-bond donors (Lipinski definition) is 1. The lowest BCUT2D eigenvalue weighted by atomic mass is 10.1. The van der Waals surface area contributed by atoms with E-state index in [1.54, 1.807) is 23.7 Å². The Morgan fingerprint density at radius 3 is 2.60 bits per heavy atom. The van der Waals surface area contributed by atoms with Gasteiger partial charge in [-0.3, -0.25) is 9.57 Å². The number of benzene rings is 2. The van der Waals surface area contributed by atoms with Crippen molar-refractivity contribution >= 4 is 27.4 Å². The summed E-state index contributed by atoms with van der Waals surface area (Å²) < 4.78 is 19.7. The van der Waals surface area contributed by atoms with Crippen LogP contribution in [0.25, 0.3) is 0 Å². The van der Waals surface area contributed by atoms with Crippen LogP contribution in [0.1, 0.15) is 22.3 Å². The zero-order valence-corrected chi connectivity index (χ0v) is 16.0. The van der Waals surface area contributed by atoms with Crippen LogP contribution in [0.3, 0.4) is 0 Å². The molecule has 0 spiro atoms. The summed E-state index contributed by atoms with van der Waals surface area (Å²) in [6.07, 6.45) is 0.637. The van der Waals surface area contributed by atoms with Crippen molar-refractivity contribution in [3.8, 4) is 0 Å². The zero-order valence-electron chi connectivity index (χ0n) is 14.4. The number of amides is 1. The van der Waals surface area contributed by atoms with Gasteiger partial charge in [0.25, 0.3) is 5.91 Å². The van der Waals surface area contributed by atoms with Crippen LogP contribution in [0.2, 0.25) is 0 Å². The number of nitrogens with zero attached hydrogens (tertiary/aromatic N) is 1. The van der Waals surface area contributed by atoms with Crippen molar-refractivity contribution in [2.75, 3.05) is 18.6 Å². The topological polar surface area (TPSA) is 61.2 Å². The van der Waals surface area contributed by atoms with Crippen LogP contribution in [0, 0.1) is 11.7 Å². The maximum Gasteiger partial charge on any atom is 0.255 e. The highest BCUT2D eigenvalue weighted by molar-refractivity contribution is 7.99. The summed E-state index contributed by atoms with van der Waals surface area (Å²) in [6.45, 7) is 2.01. The molecule has 3 rings (SSSR count). The van der Waals surface area contributed by atoms with E-state index in [0.717, 1.165) is 15.4 Å². The molecular weight excluding hydrogens is 352 g/mol. The second kappa shape index (κ2) is 7.22. The van der Waals surface area contributed by atoms with Gasteiger partial charge < -0.3 is 4.90 Å². The Labute approximate surface area is 153 Å². The Kier molecular flexibility index (Phi) is 5.20. The predicted octanol–water partition coefficient (Wildman–Crippen LogP) is 4.04. The number of carbonyl (C=O) groups excluding carboxylic acids is 1. The van der Waals surface area contributed by atoms with Gasteiger partial charge in [0, 0.05) is 38.4 Å². The summed E-state index contributed by atoms with van der Waals surface area (Å²) in [5.41, 5.74) is 1.76. The third-order valence-corrected chi connectivity index (χ3v) is 7.33. The number of carbonyl (C=O) groups is 1. The number of rotatable bonds is 4. The summed E-state index contributed by atoms with van der Waals surface area (Å²) in [6, 6.07) is 15.7. The summed E-state index contributed by atoms with van der Waals surface area (Å²) in [7, 11) is -0.766. The average molecular weight is 375 g/mol. The molecule has 0 aromatic heterocycles. The smallest absolute Gasteiger partial charge is 0.255 e. The second-order valence-electron chi connectivity index (χ2n) is 6.46. The molecule has 0 aliphatic carbocycles. The first-order valence-electron chi connectivity index (χ1n) is 8.20. The molecule has 0 radical (unpaired) electrons. The van der Waals surface area contributed by atoms with Gasteiger partial charge in [-0.15, -0.1) is 0 Å². The molecule has 2 unspecified atom stereocenters. The number of aryl methyl sites for hydroxylation is 1. The SMILES string of the molecule is Cc1ccc(C(=O)N(C)C2CCS(=N)(=O)C2)c(Sc2ccccc2)c1. The maximum absolute atomic E-state index is 13.0. The first-order chi connectivity index (χ1) is 11.9. The van der Waals surface area contributed by atoms with E-state index in [-0.39, 0.29) is 17.7 Å². The van der Waals surface area contributed by atoms with Crippen LogP contribution < -0.4 is 0 Å². The summed E-state index contributed by atoms with van der Waals surface area (Å²) in [5, 5.41) is 0. The molecule has 1 fully saturated rings. The Morgan fingerprint density at radius 2 is 1.96 bits per heavy atom. The molecular formula is C19H22N2O2S2. The molecule has 6 heteroatoms. The fourth-order valence-electron chi connectivity index (χ4n) is 2.97. The van der Waals surface area contributed by atoms with E-state index in [4.69, 9.17) is 4.78 Å². The largest absolute Gasteiger partial charge is 0.338 e. The highest BCUT2D eigenvalue weighted by atomic mass is 32.2. The molecule has 1 aliphatic rings. The fraction of sp³-hybridized carbons (Fsp3) is 0.316. The molecule has 2 atom stereocenters. The Bertz CT molecular complexity index is 880. The highest BCUT2D eigenvalue weighted by Crippen LogP contribution is 2.32. The van der Waals surface area contributed by atoms with E-state index in [0.29, 0.717) is 17.7 Å². The van der Waals surface area contributed by atoms with Crippen LogP contribution in [0.15, 0.2) is 58.3 Å². The van der Waals surface area contributed by atoms with Crippen molar-refractivity contribution < 1.29 is 9.00 Å². The minimum absolute atomic E-state index is 0.0690. The van der Waals surface area contributed by atoms with Gasteiger partial charge in [0.1, 0.15) is 0 Å². The van der Waals surface area contributed by atoms with Crippen molar-refractivity contribution in [3.63, 3.8) is 0 Å². The van der Waals surface area contributed by atoms with Crippen molar-refractivity contribution in [3.05, 3.63) is 59.7 Å². The zero-order chi connectivity index (χ0) is 18.0. The molecule has 4 nitrogen and oxygen atoms in total. The summed E-state index contributed by atoms with van der Waals surface area (Å²) in [4.78, 5) is 16.7. The van der Waals surface area contributed by atoms with Crippen molar-refractivity contribution in [2.45, 2.75) is 29.2 Å².